The fourth-order valence-electron chi connectivity index (χ4n) is 3.33. The third-order valence-corrected chi connectivity index (χ3v) is 4.49. The molecule has 1 aromatic carbocycles. The highest BCUT2D eigenvalue weighted by molar-refractivity contribution is 5.34. The molecule has 0 saturated carbocycles. The first-order chi connectivity index (χ1) is 9.76. The van der Waals surface area contributed by atoms with Gasteiger partial charge in [-0.15, -0.1) is 6.42 Å². The Morgan fingerprint density at radius 1 is 1.10 bits per heavy atom. The topological polar surface area (TPSA) is 12.5 Å². The Hall–Kier alpha value is -1.30. The van der Waals surface area contributed by atoms with E-state index >= 15 is 0 Å². The minimum absolute atomic E-state index is 0.0217. The molecule has 0 spiro atoms. The van der Waals surface area contributed by atoms with Gasteiger partial charge in [0.1, 0.15) is 6.10 Å². The van der Waals surface area contributed by atoms with Gasteiger partial charge >= 0.3 is 0 Å². The zero-order valence-corrected chi connectivity index (χ0v) is 13.9. The zero-order chi connectivity index (χ0) is 15.7. The van der Waals surface area contributed by atoms with E-state index in [4.69, 9.17) is 11.3 Å². The molecular formula is C19H27NO. The Balaban J connectivity index is 2.16. The average molecular weight is 285 g/mol. The summed E-state index contributed by atoms with van der Waals surface area (Å²) < 4.78 is 0. The van der Waals surface area contributed by atoms with Crippen LogP contribution in [-0.2, 0) is 4.84 Å². The van der Waals surface area contributed by atoms with Gasteiger partial charge in [-0.25, -0.2) is 0 Å². The van der Waals surface area contributed by atoms with Gasteiger partial charge in [0, 0.05) is 16.6 Å². The molecule has 21 heavy (non-hydrogen) atoms. The molecule has 0 aromatic heterocycles. The summed E-state index contributed by atoms with van der Waals surface area (Å²) in [4.78, 5) is 6.36. The number of terminal acetylenes is 1. The van der Waals surface area contributed by atoms with Crippen LogP contribution in [0, 0.1) is 12.3 Å². The maximum absolute atomic E-state index is 6.36. The molecule has 0 bridgehead atoms. The van der Waals surface area contributed by atoms with Crippen molar-refractivity contribution in [2.45, 2.75) is 71.1 Å². The van der Waals surface area contributed by atoms with Crippen LogP contribution >= 0.6 is 0 Å². The summed E-state index contributed by atoms with van der Waals surface area (Å²) in [6.45, 7) is 11.2. The van der Waals surface area contributed by atoms with Gasteiger partial charge in [0.2, 0.25) is 0 Å². The highest BCUT2D eigenvalue weighted by Gasteiger charge is 2.43. The van der Waals surface area contributed by atoms with E-state index < -0.39 is 0 Å². The van der Waals surface area contributed by atoms with Gasteiger partial charge in [0.25, 0.3) is 0 Å². The minimum atomic E-state index is 0.0217. The van der Waals surface area contributed by atoms with Crippen LogP contribution in [0.25, 0.3) is 0 Å². The number of nitrogens with zero attached hydrogens (tertiary/aromatic N) is 1. The molecule has 1 atom stereocenters. The molecule has 0 radical (unpaired) electrons. The van der Waals surface area contributed by atoms with Crippen molar-refractivity contribution in [3.05, 3.63) is 35.4 Å². The molecule has 1 aliphatic rings. The first kappa shape index (κ1) is 16.1. The van der Waals surface area contributed by atoms with Gasteiger partial charge in [0.15, 0.2) is 0 Å². The summed E-state index contributed by atoms with van der Waals surface area (Å²) in [5, 5.41) is 2.21. The van der Waals surface area contributed by atoms with Crippen molar-refractivity contribution in [3.63, 3.8) is 0 Å². The van der Waals surface area contributed by atoms with Crippen LogP contribution in [0.15, 0.2) is 24.3 Å². The largest absolute Gasteiger partial charge is 0.290 e. The first-order valence-electron chi connectivity index (χ1n) is 7.80. The van der Waals surface area contributed by atoms with Gasteiger partial charge in [-0.1, -0.05) is 18.1 Å². The van der Waals surface area contributed by atoms with Crippen LogP contribution in [0.3, 0.4) is 0 Å². The Morgan fingerprint density at radius 3 is 2.10 bits per heavy atom. The second-order valence-electron chi connectivity index (χ2n) is 7.29. The molecule has 2 rings (SSSR count). The van der Waals surface area contributed by atoms with E-state index in [1.165, 1.54) is 19.3 Å². The van der Waals surface area contributed by atoms with Crippen molar-refractivity contribution in [1.82, 2.24) is 5.06 Å². The summed E-state index contributed by atoms with van der Waals surface area (Å²) in [6, 6.07) is 8.07. The highest BCUT2D eigenvalue weighted by atomic mass is 16.7. The summed E-state index contributed by atoms with van der Waals surface area (Å²) in [5.74, 6) is 2.65. The summed E-state index contributed by atoms with van der Waals surface area (Å²) in [7, 11) is 0. The SMILES string of the molecule is C#Cc1ccc(C(C)ON2C(C)(C)CCCC2(C)C)cc1. The monoisotopic (exact) mass is 285 g/mol. The molecule has 2 nitrogen and oxygen atoms in total. The van der Waals surface area contributed by atoms with E-state index in [0.29, 0.717) is 0 Å². The van der Waals surface area contributed by atoms with Crippen LogP contribution in [0.4, 0.5) is 0 Å². The number of piperidine rings is 1. The van der Waals surface area contributed by atoms with E-state index in [1.807, 2.05) is 12.1 Å². The Kier molecular flexibility index (Phi) is 4.46. The molecule has 2 heteroatoms. The molecule has 1 aliphatic heterocycles. The normalized spacial score (nSPS) is 22.5. The van der Waals surface area contributed by atoms with E-state index in [1.54, 1.807) is 0 Å². The smallest absolute Gasteiger partial charge is 0.102 e. The van der Waals surface area contributed by atoms with Crippen molar-refractivity contribution < 1.29 is 4.84 Å². The maximum atomic E-state index is 6.36. The molecule has 0 N–H and O–H groups in total. The number of hydrogen-bond acceptors (Lipinski definition) is 2. The van der Waals surface area contributed by atoms with E-state index in [2.05, 4.69) is 57.7 Å². The van der Waals surface area contributed by atoms with Crippen molar-refractivity contribution in [1.29, 1.82) is 0 Å². The minimum Gasteiger partial charge on any atom is -0.290 e. The van der Waals surface area contributed by atoms with Crippen molar-refractivity contribution in [2.24, 2.45) is 0 Å². The summed E-state index contributed by atoms with van der Waals surface area (Å²) in [5.41, 5.74) is 2.19. The Labute approximate surface area is 129 Å². The second kappa shape index (κ2) is 5.83. The third kappa shape index (κ3) is 3.48. The fraction of sp³-hybridized carbons (Fsp3) is 0.579. The average Bonchev–Trinajstić information content (AvgIpc) is 2.42. The van der Waals surface area contributed by atoms with Crippen molar-refractivity contribution in [2.75, 3.05) is 0 Å². The molecule has 114 valence electrons. The molecule has 1 unspecified atom stereocenters. The third-order valence-electron chi connectivity index (χ3n) is 4.49. The molecule has 1 saturated heterocycles. The van der Waals surface area contributed by atoms with Gasteiger partial charge in [-0.05, 0) is 71.6 Å². The van der Waals surface area contributed by atoms with E-state index in [0.717, 1.165) is 11.1 Å². The fourth-order valence-corrected chi connectivity index (χ4v) is 3.33. The van der Waals surface area contributed by atoms with Crippen LogP contribution in [-0.4, -0.2) is 16.1 Å². The van der Waals surface area contributed by atoms with Gasteiger partial charge in [0.05, 0.1) is 0 Å². The first-order valence-corrected chi connectivity index (χ1v) is 7.80. The lowest BCUT2D eigenvalue weighted by molar-refractivity contribution is -0.304. The lowest BCUT2D eigenvalue weighted by Gasteiger charge is -2.52. The molecule has 0 aliphatic carbocycles. The predicted molar refractivity (Wildman–Crippen MR) is 87.7 cm³/mol. The highest BCUT2D eigenvalue weighted by Crippen LogP contribution is 2.40. The second-order valence-corrected chi connectivity index (χ2v) is 7.29. The van der Waals surface area contributed by atoms with Gasteiger partial charge in [-0.2, -0.15) is 5.06 Å². The lowest BCUT2D eigenvalue weighted by atomic mass is 9.82. The summed E-state index contributed by atoms with van der Waals surface area (Å²) in [6.07, 6.45) is 9.02. The number of hydroxylamine groups is 2. The van der Waals surface area contributed by atoms with Crippen LogP contribution in [0.5, 0.6) is 0 Å². The Bertz CT molecular complexity index is 505. The molecule has 0 amide bonds. The predicted octanol–water partition coefficient (Wildman–Crippen LogP) is 4.70. The van der Waals surface area contributed by atoms with Gasteiger partial charge < -0.3 is 0 Å². The molecule has 1 aromatic rings. The zero-order valence-electron chi connectivity index (χ0n) is 13.9. The standard InChI is InChI=1S/C19H27NO/c1-7-16-9-11-17(12-10-16)15(2)21-20-18(3,4)13-8-14-19(20,5)6/h1,9-12,15H,8,13-14H2,2-6H3. The molecular weight excluding hydrogens is 258 g/mol. The van der Waals surface area contributed by atoms with Gasteiger partial charge in [-0.3, -0.25) is 4.84 Å². The number of rotatable bonds is 3. The number of benzene rings is 1. The van der Waals surface area contributed by atoms with Crippen LogP contribution in [0.1, 0.15) is 71.1 Å². The lowest BCUT2D eigenvalue weighted by Crippen LogP contribution is -2.58. The molecule has 1 fully saturated rings. The molecule has 1 heterocycles. The Morgan fingerprint density at radius 2 is 1.62 bits per heavy atom. The number of hydrogen-bond donors (Lipinski definition) is 0. The van der Waals surface area contributed by atoms with E-state index in [9.17, 15) is 0 Å². The van der Waals surface area contributed by atoms with Crippen molar-refractivity contribution in [3.8, 4) is 12.3 Å². The summed E-state index contributed by atoms with van der Waals surface area (Å²) >= 11 is 0. The van der Waals surface area contributed by atoms with Crippen LogP contribution in [0.2, 0.25) is 0 Å². The maximum Gasteiger partial charge on any atom is 0.102 e. The van der Waals surface area contributed by atoms with Crippen LogP contribution < -0.4 is 0 Å². The van der Waals surface area contributed by atoms with E-state index in [-0.39, 0.29) is 17.2 Å². The van der Waals surface area contributed by atoms with Crippen molar-refractivity contribution >= 4 is 0 Å². The quantitative estimate of drug-likeness (QED) is 0.746.